The van der Waals surface area contributed by atoms with Crippen LogP contribution in [0.25, 0.3) is 0 Å². The monoisotopic (exact) mass is 287 g/mol. The fraction of sp³-hybridized carbons (Fsp3) is 0.375. The molecule has 3 nitrogen and oxygen atoms in total. The number of aromatic nitrogens is 2. The Balaban J connectivity index is 2.06. The van der Waals surface area contributed by atoms with E-state index < -0.39 is 0 Å². The van der Waals surface area contributed by atoms with E-state index >= 15 is 0 Å². The summed E-state index contributed by atoms with van der Waals surface area (Å²) >= 11 is 1.62. The van der Waals surface area contributed by atoms with Crippen LogP contribution in [-0.4, -0.2) is 16.5 Å². The zero-order valence-electron chi connectivity index (χ0n) is 12.3. The molecule has 0 aliphatic heterocycles. The van der Waals surface area contributed by atoms with Crippen molar-refractivity contribution in [1.82, 2.24) is 15.3 Å². The molecule has 0 amide bonds. The molecule has 0 bridgehead atoms. The van der Waals surface area contributed by atoms with Crippen molar-refractivity contribution in [3.63, 3.8) is 0 Å². The molecule has 0 atom stereocenters. The summed E-state index contributed by atoms with van der Waals surface area (Å²) in [6.07, 6.45) is 2.97. The third-order valence-electron chi connectivity index (χ3n) is 2.97. The van der Waals surface area contributed by atoms with Crippen LogP contribution in [0.15, 0.2) is 40.5 Å². The maximum atomic E-state index is 4.43. The molecule has 0 radical (unpaired) electrons. The number of rotatable bonds is 6. The first kappa shape index (κ1) is 15.0. The van der Waals surface area contributed by atoms with Crippen molar-refractivity contribution in [2.75, 3.05) is 6.54 Å². The average Bonchev–Trinajstić information content (AvgIpc) is 2.42. The van der Waals surface area contributed by atoms with Crippen LogP contribution >= 0.6 is 11.8 Å². The van der Waals surface area contributed by atoms with Crippen LogP contribution in [-0.2, 0) is 6.54 Å². The largest absolute Gasteiger partial charge is 0.313 e. The Labute approximate surface area is 125 Å². The SMILES string of the molecule is CCCNCc1ccc(Sc2nccc(C)n2)c(C)c1. The topological polar surface area (TPSA) is 37.8 Å². The molecule has 2 aromatic rings. The van der Waals surface area contributed by atoms with E-state index in [1.807, 2.05) is 19.2 Å². The summed E-state index contributed by atoms with van der Waals surface area (Å²) in [7, 11) is 0. The molecule has 1 N–H and O–H groups in total. The lowest BCUT2D eigenvalue weighted by molar-refractivity contribution is 0.675. The van der Waals surface area contributed by atoms with Gasteiger partial charge in [-0.2, -0.15) is 0 Å². The second kappa shape index (κ2) is 7.41. The van der Waals surface area contributed by atoms with Crippen LogP contribution in [0.2, 0.25) is 0 Å². The van der Waals surface area contributed by atoms with Crippen LogP contribution in [0, 0.1) is 13.8 Å². The highest BCUT2D eigenvalue weighted by molar-refractivity contribution is 7.99. The standard InChI is InChI=1S/C16H21N3S/c1-4-8-17-11-14-5-6-15(12(2)10-14)20-16-18-9-7-13(3)19-16/h5-7,9-10,17H,4,8,11H2,1-3H3. The lowest BCUT2D eigenvalue weighted by atomic mass is 10.1. The second-order valence-electron chi connectivity index (χ2n) is 4.86. The Morgan fingerprint density at radius 2 is 2.05 bits per heavy atom. The van der Waals surface area contributed by atoms with Gasteiger partial charge in [0.25, 0.3) is 0 Å². The summed E-state index contributed by atoms with van der Waals surface area (Å²) in [6, 6.07) is 8.49. The summed E-state index contributed by atoms with van der Waals surface area (Å²) < 4.78 is 0. The molecule has 0 fully saturated rings. The highest BCUT2D eigenvalue weighted by Gasteiger charge is 2.05. The maximum Gasteiger partial charge on any atom is 0.192 e. The lowest BCUT2D eigenvalue weighted by Gasteiger charge is -2.08. The van der Waals surface area contributed by atoms with E-state index in [-0.39, 0.29) is 0 Å². The van der Waals surface area contributed by atoms with Crippen molar-refractivity contribution < 1.29 is 0 Å². The predicted octanol–water partition coefficient (Wildman–Crippen LogP) is 3.74. The molecule has 2 rings (SSSR count). The van der Waals surface area contributed by atoms with Crippen LogP contribution < -0.4 is 5.32 Å². The smallest absolute Gasteiger partial charge is 0.192 e. The van der Waals surface area contributed by atoms with Gasteiger partial charge < -0.3 is 5.32 Å². The minimum atomic E-state index is 0.810. The van der Waals surface area contributed by atoms with Crippen LogP contribution in [0.5, 0.6) is 0 Å². The molecule has 0 spiro atoms. The number of hydrogen-bond donors (Lipinski definition) is 1. The zero-order chi connectivity index (χ0) is 14.4. The lowest BCUT2D eigenvalue weighted by Crippen LogP contribution is -2.13. The Hall–Kier alpha value is -1.39. The molecule has 0 aliphatic rings. The molecule has 0 unspecified atom stereocenters. The summed E-state index contributed by atoms with van der Waals surface area (Å²) in [6.45, 7) is 8.30. The number of hydrogen-bond acceptors (Lipinski definition) is 4. The highest BCUT2D eigenvalue weighted by atomic mass is 32.2. The fourth-order valence-electron chi connectivity index (χ4n) is 1.92. The Morgan fingerprint density at radius 3 is 2.75 bits per heavy atom. The van der Waals surface area contributed by atoms with Gasteiger partial charge in [-0.25, -0.2) is 9.97 Å². The normalized spacial score (nSPS) is 10.8. The van der Waals surface area contributed by atoms with E-state index in [0.29, 0.717) is 0 Å². The van der Waals surface area contributed by atoms with Crippen molar-refractivity contribution in [3.8, 4) is 0 Å². The molecule has 0 aliphatic carbocycles. The maximum absolute atomic E-state index is 4.43. The quantitative estimate of drug-likeness (QED) is 0.648. The number of nitrogens with one attached hydrogen (secondary N) is 1. The molecule has 1 heterocycles. The molecule has 1 aromatic carbocycles. The van der Waals surface area contributed by atoms with Gasteiger partial charge in [0.05, 0.1) is 0 Å². The summed E-state index contributed by atoms with van der Waals surface area (Å²) in [4.78, 5) is 9.95. The van der Waals surface area contributed by atoms with Gasteiger partial charge in [-0.1, -0.05) is 19.1 Å². The molecule has 0 saturated heterocycles. The van der Waals surface area contributed by atoms with Crippen molar-refractivity contribution in [1.29, 1.82) is 0 Å². The van der Waals surface area contributed by atoms with E-state index in [1.54, 1.807) is 11.8 Å². The average molecular weight is 287 g/mol. The van der Waals surface area contributed by atoms with Gasteiger partial charge in [0, 0.05) is 23.3 Å². The van der Waals surface area contributed by atoms with Gasteiger partial charge in [0.1, 0.15) is 0 Å². The fourth-order valence-corrected chi connectivity index (χ4v) is 2.77. The Kier molecular flexibility index (Phi) is 5.56. The molecule has 1 aromatic heterocycles. The van der Waals surface area contributed by atoms with E-state index in [9.17, 15) is 0 Å². The van der Waals surface area contributed by atoms with E-state index in [0.717, 1.165) is 30.4 Å². The van der Waals surface area contributed by atoms with Gasteiger partial charge >= 0.3 is 0 Å². The minimum Gasteiger partial charge on any atom is -0.313 e. The van der Waals surface area contributed by atoms with Crippen molar-refractivity contribution in [3.05, 3.63) is 47.3 Å². The van der Waals surface area contributed by atoms with Crippen LogP contribution in [0.3, 0.4) is 0 Å². The predicted molar refractivity (Wildman–Crippen MR) is 84.1 cm³/mol. The van der Waals surface area contributed by atoms with E-state index in [2.05, 4.69) is 47.3 Å². The Bertz CT molecular complexity index is 569. The third kappa shape index (κ3) is 4.32. The van der Waals surface area contributed by atoms with Crippen LogP contribution in [0.4, 0.5) is 0 Å². The van der Waals surface area contributed by atoms with Gasteiger partial charge in [-0.3, -0.25) is 0 Å². The van der Waals surface area contributed by atoms with Crippen molar-refractivity contribution in [2.24, 2.45) is 0 Å². The third-order valence-corrected chi connectivity index (χ3v) is 4.03. The molecule has 0 saturated carbocycles. The molecule has 4 heteroatoms. The first-order valence-corrected chi connectivity index (χ1v) is 7.78. The van der Waals surface area contributed by atoms with Gasteiger partial charge in [-0.05, 0) is 61.8 Å². The Morgan fingerprint density at radius 1 is 1.20 bits per heavy atom. The number of benzene rings is 1. The molecule has 106 valence electrons. The number of aryl methyl sites for hydroxylation is 2. The highest BCUT2D eigenvalue weighted by Crippen LogP contribution is 2.28. The van der Waals surface area contributed by atoms with Crippen LogP contribution in [0.1, 0.15) is 30.2 Å². The van der Waals surface area contributed by atoms with Gasteiger partial charge in [-0.15, -0.1) is 0 Å². The summed E-state index contributed by atoms with van der Waals surface area (Å²) in [5, 5.41) is 4.23. The van der Waals surface area contributed by atoms with E-state index in [4.69, 9.17) is 0 Å². The molecular weight excluding hydrogens is 266 g/mol. The van der Waals surface area contributed by atoms with E-state index in [1.165, 1.54) is 16.0 Å². The first-order chi connectivity index (χ1) is 9.69. The molecular formula is C16H21N3S. The van der Waals surface area contributed by atoms with Gasteiger partial charge in [0.15, 0.2) is 5.16 Å². The zero-order valence-corrected chi connectivity index (χ0v) is 13.1. The van der Waals surface area contributed by atoms with Gasteiger partial charge in [0.2, 0.25) is 0 Å². The second-order valence-corrected chi connectivity index (χ2v) is 5.87. The van der Waals surface area contributed by atoms with Crippen molar-refractivity contribution in [2.45, 2.75) is 43.8 Å². The summed E-state index contributed by atoms with van der Waals surface area (Å²) in [5.74, 6) is 0. The van der Waals surface area contributed by atoms with Crippen molar-refractivity contribution >= 4 is 11.8 Å². The summed E-state index contributed by atoms with van der Waals surface area (Å²) in [5.41, 5.74) is 3.60. The first-order valence-electron chi connectivity index (χ1n) is 6.97. The molecule has 20 heavy (non-hydrogen) atoms. The number of nitrogens with zero attached hydrogens (tertiary/aromatic N) is 2. The minimum absolute atomic E-state index is 0.810.